The van der Waals surface area contributed by atoms with Crippen molar-refractivity contribution in [3.8, 4) is 0 Å². The summed E-state index contributed by atoms with van der Waals surface area (Å²) in [6.07, 6.45) is 12.5. The quantitative estimate of drug-likeness (QED) is 0.319. The minimum Gasteiger partial charge on any atom is -0.473 e. The fourth-order valence-electron chi connectivity index (χ4n) is 4.35. The molecule has 0 atom stereocenters. The van der Waals surface area contributed by atoms with Crippen LogP contribution in [-0.2, 0) is 19.1 Å². The first kappa shape index (κ1) is 27.8. The maximum Gasteiger partial charge on any atom is 0.414 e. The zero-order valence-electron chi connectivity index (χ0n) is 21.1. The fourth-order valence-corrected chi connectivity index (χ4v) is 4.35. The number of carbonyl (C=O) groups is 3. The van der Waals surface area contributed by atoms with Gasteiger partial charge in [-0.15, -0.1) is 0 Å². The Labute approximate surface area is 217 Å². The smallest absolute Gasteiger partial charge is 0.414 e. The number of nitrogens with zero attached hydrogens (tertiary/aromatic N) is 2. The molecule has 1 aliphatic heterocycles. The Bertz CT molecular complexity index is 1120. The first-order valence-electron chi connectivity index (χ1n) is 12.6. The number of esters is 1. The SMILES string of the molecule is Cc1ccc(/C(=C/CN2CCCC2)c2cccc(/C=C/C(=O)OC3CCCC3)n2)cc1.O=C(O)C(=O)O. The highest BCUT2D eigenvalue weighted by molar-refractivity contribution is 6.27. The van der Waals surface area contributed by atoms with Crippen molar-refractivity contribution in [2.45, 2.75) is 51.6 Å². The number of aryl methyl sites for hydroxylation is 1. The number of hydrogen-bond donors (Lipinski definition) is 2. The number of carboxylic acid groups (broad SMARTS) is 2. The summed E-state index contributed by atoms with van der Waals surface area (Å²) < 4.78 is 5.52. The molecule has 2 aromatic rings. The van der Waals surface area contributed by atoms with E-state index in [1.54, 1.807) is 6.08 Å². The van der Waals surface area contributed by atoms with Crippen molar-refractivity contribution >= 4 is 29.6 Å². The van der Waals surface area contributed by atoms with Gasteiger partial charge in [-0.3, -0.25) is 4.90 Å². The maximum absolute atomic E-state index is 12.1. The molecule has 0 radical (unpaired) electrons. The molecule has 8 nitrogen and oxygen atoms in total. The van der Waals surface area contributed by atoms with E-state index in [4.69, 9.17) is 29.5 Å². The Morgan fingerprint density at radius 1 is 0.973 bits per heavy atom. The van der Waals surface area contributed by atoms with Gasteiger partial charge < -0.3 is 14.9 Å². The minimum absolute atomic E-state index is 0.0816. The van der Waals surface area contributed by atoms with Crippen molar-refractivity contribution in [1.82, 2.24) is 9.88 Å². The maximum atomic E-state index is 12.1. The van der Waals surface area contributed by atoms with Crippen molar-refractivity contribution in [3.05, 3.63) is 77.1 Å². The van der Waals surface area contributed by atoms with E-state index in [-0.39, 0.29) is 12.1 Å². The first-order valence-corrected chi connectivity index (χ1v) is 12.6. The molecular weight excluding hydrogens is 472 g/mol. The fraction of sp³-hybridized carbons (Fsp3) is 0.379. The highest BCUT2D eigenvalue weighted by Gasteiger charge is 2.18. The van der Waals surface area contributed by atoms with Gasteiger partial charge in [0.2, 0.25) is 0 Å². The lowest BCUT2D eigenvalue weighted by Gasteiger charge is -2.14. The second kappa shape index (κ2) is 14.1. The van der Waals surface area contributed by atoms with Crippen LogP contribution in [0.1, 0.15) is 61.0 Å². The molecule has 2 heterocycles. The van der Waals surface area contributed by atoms with Crippen LogP contribution in [0.15, 0.2) is 54.6 Å². The van der Waals surface area contributed by atoms with Gasteiger partial charge in [0, 0.05) is 18.2 Å². The number of ether oxygens (including phenoxy) is 1. The molecule has 2 N–H and O–H groups in total. The van der Waals surface area contributed by atoms with Crippen LogP contribution in [0.5, 0.6) is 0 Å². The third-order valence-electron chi connectivity index (χ3n) is 6.32. The Kier molecular flexibility index (Phi) is 10.6. The molecule has 0 spiro atoms. The molecule has 1 saturated heterocycles. The van der Waals surface area contributed by atoms with E-state index < -0.39 is 11.9 Å². The molecular formula is C29H34N2O6. The summed E-state index contributed by atoms with van der Waals surface area (Å²) in [6, 6.07) is 14.6. The van der Waals surface area contributed by atoms with Gasteiger partial charge in [-0.25, -0.2) is 19.4 Å². The second-order valence-corrected chi connectivity index (χ2v) is 9.23. The zero-order valence-corrected chi connectivity index (χ0v) is 21.1. The van der Waals surface area contributed by atoms with Crippen LogP contribution in [0.25, 0.3) is 11.6 Å². The molecule has 37 heavy (non-hydrogen) atoms. The summed E-state index contributed by atoms with van der Waals surface area (Å²) >= 11 is 0. The van der Waals surface area contributed by atoms with Crippen LogP contribution in [0.4, 0.5) is 0 Å². The Morgan fingerprint density at radius 2 is 1.62 bits per heavy atom. The summed E-state index contributed by atoms with van der Waals surface area (Å²) in [5.41, 5.74) is 5.23. The van der Waals surface area contributed by atoms with E-state index in [9.17, 15) is 4.79 Å². The molecule has 2 fully saturated rings. The number of carbonyl (C=O) groups excluding carboxylic acids is 1. The molecule has 0 bridgehead atoms. The summed E-state index contributed by atoms with van der Waals surface area (Å²) in [5.74, 6) is -3.92. The minimum atomic E-state index is -1.82. The first-order chi connectivity index (χ1) is 17.8. The lowest BCUT2D eigenvalue weighted by Crippen LogP contribution is -2.19. The molecule has 2 aliphatic rings. The van der Waals surface area contributed by atoms with Crippen molar-refractivity contribution in [3.63, 3.8) is 0 Å². The van der Waals surface area contributed by atoms with Crippen molar-refractivity contribution < 1.29 is 29.3 Å². The average molecular weight is 507 g/mol. The largest absolute Gasteiger partial charge is 0.473 e. The molecule has 1 aromatic heterocycles. The summed E-state index contributed by atoms with van der Waals surface area (Å²) in [4.78, 5) is 37.7. The standard InChI is InChI=1S/C27H32N2O2.C2H2O4/c1-21-11-13-22(14-12-21)25(17-20-29-18-4-5-19-29)26-10-6-7-23(28-26)15-16-27(30)31-24-8-2-3-9-24;3-1(4)2(5)6/h6-7,10-17,24H,2-5,8-9,18-20H2,1H3;(H,3,4)(H,5,6)/b16-15+,25-17-;. The number of benzene rings is 1. The lowest BCUT2D eigenvalue weighted by molar-refractivity contribution is -0.159. The van der Waals surface area contributed by atoms with Gasteiger partial charge in [0.15, 0.2) is 0 Å². The van der Waals surface area contributed by atoms with Crippen LogP contribution in [0, 0.1) is 6.92 Å². The predicted octanol–water partition coefficient (Wildman–Crippen LogP) is 4.57. The molecule has 4 rings (SSSR count). The number of pyridine rings is 1. The van der Waals surface area contributed by atoms with Gasteiger partial charge in [-0.2, -0.15) is 0 Å². The van der Waals surface area contributed by atoms with E-state index in [0.29, 0.717) is 0 Å². The zero-order chi connectivity index (χ0) is 26.6. The Hall–Kier alpha value is -3.78. The number of aliphatic carboxylic acids is 2. The molecule has 0 amide bonds. The van der Waals surface area contributed by atoms with Crippen LogP contribution in [0.2, 0.25) is 0 Å². The average Bonchev–Trinajstić information content (AvgIpc) is 3.59. The molecule has 0 unspecified atom stereocenters. The van der Waals surface area contributed by atoms with Gasteiger partial charge in [-0.1, -0.05) is 42.0 Å². The monoisotopic (exact) mass is 506 g/mol. The number of hydrogen-bond acceptors (Lipinski definition) is 6. The molecule has 1 aliphatic carbocycles. The van der Waals surface area contributed by atoms with Crippen molar-refractivity contribution in [1.29, 1.82) is 0 Å². The normalized spacial score (nSPS) is 16.4. The lowest BCUT2D eigenvalue weighted by atomic mass is 10.00. The van der Waals surface area contributed by atoms with Crippen molar-refractivity contribution in [2.75, 3.05) is 19.6 Å². The van der Waals surface area contributed by atoms with E-state index in [0.717, 1.165) is 62.3 Å². The van der Waals surface area contributed by atoms with E-state index in [1.165, 1.54) is 30.0 Å². The highest BCUT2D eigenvalue weighted by Crippen LogP contribution is 2.24. The number of carboxylic acids is 2. The van der Waals surface area contributed by atoms with Gasteiger partial charge in [0.25, 0.3) is 0 Å². The molecule has 1 saturated carbocycles. The summed E-state index contributed by atoms with van der Waals surface area (Å²) in [7, 11) is 0. The van der Waals surface area contributed by atoms with Gasteiger partial charge in [0.05, 0.1) is 11.4 Å². The second-order valence-electron chi connectivity index (χ2n) is 9.23. The highest BCUT2D eigenvalue weighted by atomic mass is 16.5. The molecule has 8 heteroatoms. The van der Waals surface area contributed by atoms with Crippen LogP contribution in [0.3, 0.4) is 0 Å². The Balaban J connectivity index is 0.000000568. The van der Waals surface area contributed by atoms with Crippen molar-refractivity contribution in [2.24, 2.45) is 0 Å². The van der Waals surface area contributed by atoms with Gasteiger partial charge >= 0.3 is 17.9 Å². The van der Waals surface area contributed by atoms with Gasteiger partial charge in [0.1, 0.15) is 6.10 Å². The van der Waals surface area contributed by atoms with E-state index in [1.807, 2.05) is 18.2 Å². The number of rotatable bonds is 7. The Morgan fingerprint density at radius 3 is 2.24 bits per heavy atom. The third kappa shape index (κ3) is 9.31. The number of likely N-dealkylation sites (tertiary alicyclic amines) is 1. The topological polar surface area (TPSA) is 117 Å². The van der Waals surface area contributed by atoms with E-state index in [2.05, 4.69) is 42.2 Å². The predicted molar refractivity (Wildman–Crippen MR) is 141 cm³/mol. The number of aromatic nitrogens is 1. The van der Waals surface area contributed by atoms with E-state index >= 15 is 0 Å². The molecule has 196 valence electrons. The van der Waals surface area contributed by atoms with Crippen LogP contribution >= 0.6 is 0 Å². The van der Waals surface area contributed by atoms with Crippen LogP contribution in [-0.4, -0.2) is 63.7 Å². The van der Waals surface area contributed by atoms with Gasteiger partial charge in [-0.05, 0) is 82.3 Å². The summed E-state index contributed by atoms with van der Waals surface area (Å²) in [6.45, 7) is 5.36. The summed E-state index contributed by atoms with van der Waals surface area (Å²) in [5, 5.41) is 14.8. The van der Waals surface area contributed by atoms with Crippen LogP contribution < -0.4 is 0 Å². The third-order valence-corrected chi connectivity index (χ3v) is 6.32. The molecule has 1 aromatic carbocycles.